The topological polar surface area (TPSA) is 34.5 Å². The molecule has 0 N–H and O–H groups in total. The van der Waals surface area contributed by atoms with E-state index >= 15 is 0 Å². The van der Waals surface area contributed by atoms with E-state index in [1.807, 2.05) is 60.7 Å². The highest BCUT2D eigenvalue weighted by molar-refractivity contribution is 5.93. The van der Waals surface area contributed by atoms with Crippen molar-refractivity contribution in [3.8, 4) is 0 Å². The average molecular weight is 318 g/mol. The van der Waals surface area contributed by atoms with E-state index in [4.69, 9.17) is 9.73 Å². The highest BCUT2D eigenvalue weighted by atomic mass is 19.1. The molecule has 0 radical (unpaired) electrons. The minimum Gasteiger partial charge on any atom is -0.465 e. The van der Waals surface area contributed by atoms with E-state index in [2.05, 4.69) is 4.98 Å². The van der Waals surface area contributed by atoms with Crippen molar-refractivity contribution in [2.24, 2.45) is 4.99 Å². The van der Waals surface area contributed by atoms with Crippen molar-refractivity contribution in [3.63, 3.8) is 0 Å². The van der Waals surface area contributed by atoms with Crippen LogP contribution in [0.4, 0.5) is 4.39 Å². The number of benzene rings is 2. The van der Waals surface area contributed by atoms with Gasteiger partial charge in [0.2, 0.25) is 5.90 Å². The first-order chi connectivity index (χ1) is 11.8. The molecule has 2 unspecified atom stereocenters. The summed E-state index contributed by atoms with van der Waals surface area (Å²) in [5, 5.41) is 0. The lowest BCUT2D eigenvalue weighted by molar-refractivity contribution is 0.196. The third-order valence-electron chi connectivity index (χ3n) is 4.00. The molecular weight excluding hydrogens is 303 g/mol. The van der Waals surface area contributed by atoms with Crippen LogP contribution in [0.5, 0.6) is 0 Å². The summed E-state index contributed by atoms with van der Waals surface area (Å²) in [4.78, 5) is 8.81. The first kappa shape index (κ1) is 14.6. The van der Waals surface area contributed by atoms with E-state index in [1.165, 1.54) is 12.3 Å². The summed E-state index contributed by atoms with van der Waals surface area (Å²) in [6.07, 6.45) is 0.949. The Balaban J connectivity index is 1.74. The summed E-state index contributed by atoms with van der Waals surface area (Å²) in [6.45, 7) is 0. The second kappa shape index (κ2) is 6.24. The fourth-order valence-corrected chi connectivity index (χ4v) is 2.83. The summed E-state index contributed by atoms with van der Waals surface area (Å²) >= 11 is 0. The van der Waals surface area contributed by atoms with Gasteiger partial charge in [-0.1, -0.05) is 60.7 Å². The van der Waals surface area contributed by atoms with Crippen LogP contribution in [0.25, 0.3) is 0 Å². The normalized spacial score (nSPS) is 19.6. The molecule has 2 aromatic carbocycles. The Morgan fingerprint density at radius 3 is 2.08 bits per heavy atom. The standard InChI is InChI=1S/C20H15FN2O/c21-16-11-12-17(22-13-16)20-23-18(14-7-3-1-4-8-14)19(24-20)15-9-5-2-6-10-15/h1-13,18-19H. The molecule has 0 saturated carbocycles. The van der Waals surface area contributed by atoms with Gasteiger partial charge in [-0.3, -0.25) is 0 Å². The van der Waals surface area contributed by atoms with Crippen LogP contribution in [0.1, 0.15) is 29.0 Å². The molecule has 0 spiro atoms. The predicted octanol–water partition coefficient (Wildman–Crippen LogP) is 4.48. The Bertz CT molecular complexity index is 848. The molecule has 4 rings (SSSR count). The fraction of sp³-hybridized carbons (Fsp3) is 0.100. The molecule has 0 aliphatic carbocycles. The number of halogens is 1. The number of rotatable bonds is 3. The van der Waals surface area contributed by atoms with Crippen molar-refractivity contribution in [1.82, 2.24) is 4.98 Å². The molecule has 3 nitrogen and oxygen atoms in total. The van der Waals surface area contributed by atoms with E-state index in [9.17, 15) is 4.39 Å². The Morgan fingerprint density at radius 2 is 1.46 bits per heavy atom. The Kier molecular flexibility index (Phi) is 3.79. The van der Waals surface area contributed by atoms with E-state index < -0.39 is 0 Å². The van der Waals surface area contributed by atoms with Crippen LogP contribution in [0.15, 0.2) is 84.0 Å². The second-order valence-electron chi connectivity index (χ2n) is 5.60. The van der Waals surface area contributed by atoms with Gasteiger partial charge >= 0.3 is 0 Å². The van der Waals surface area contributed by atoms with Crippen LogP contribution in [0.3, 0.4) is 0 Å². The molecule has 1 aromatic heterocycles. The van der Waals surface area contributed by atoms with Crippen molar-refractivity contribution in [2.75, 3.05) is 0 Å². The van der Waals surface area contributed by atoms with Crippen molar-refractivity contribution >= 4 is 5.90 Å². The Labute approximate surface area is 139 Å². The maximum atomic E-state index is 13.1. The van der Waals surface area contributed by atoms with Crippen LogP contribution < -0.4 is 0 Å². The van der Waals surface area contributed by atoms with Gasteiger partial charge in [0, 0.05) is 0 Å². The first-order valence-corrected chi connectivity index (χ1v) is 7.77. The first-order valence-electron chi connectivity index (χ1n) is 7.77. The SMILES string of the molecule is Fc1ccc(C2=NC(c3ccccc3)C(c3ccccc3)O2)nc1. The van der Waals surface area contributed by atoms with Crippen LogP contribution in [0.2, 0.25) is 0 Å². The summed E-state index contributed by atoms with van der Waals surface area (Å²) < 4.78 is 19.2. The van der Waals surface area contributed by atoms with Gasteiger partial charge in [-0.15, -0.1) is 0 Å². The van der Waals surface area contributed by atoms with Gasteiger partial charge in [0.1, 0.15) is 17.6 Å². The Hall–Kier alpha value is -3.01. The zero-order valence-corrected chi connectivity index (χ0v) is 12.8. The minimum atomic E-state index is -0.378. The third kappa shape index (κ3) is 2.78. The largest absolute Gasteiger partial charge is 0.465 e. The molecule has 0 saturated heterocycles. The lowest BCUT2D eigenvalue weighted by atomic mass is 9.97. The molecule has 2 heterocycles. The van der Waals surface area contributed by atoms with Gasteiger partial charge in [0.15, 0.2) is 6.10 Å². The quantitative estimate of drug-likeness (QED) is 0.713. The number of aliphatic imine (C=N–C) groups is 1. The predicted molar refractivity (Wildman–Crippen MR) is 90.2 cm³/mol. The van der Waals surface area contributed by atoms with Crippen molar-refractivity contribution in [3.05, 3.63) is 102 Å². The van der Waals surface area contributed by atoms with E-state index in [0.29, 0.717) is 11.6 Å². The lowest BCUT2D eigenvalue weighted by Crippen LogP contribution is -2.09. The highest BCUT2D eigenvalue weighted by Gasteiger charge is 2.34. The van der Waals surface area contributed by atoms with Crippen LogP contribution in [-0.4, -0.2) is 10.9 Å². The summed E-state index contributed by atoms with van der Waals surface area (Å²) in [5.74, 6) is 0.0641. The molecule has 2 atom stereocenters. The number of hydrogen-bond donors (Lipinski definition) is 0. The maximum Gasteiger partial charge on any atom is 0.236 e. The molecule has 118 valence electrons. The van der Waals surface area contributed by atoms with E-state index in [-0.39, 0.29) is 18.0 Å². The molecule has 0 fully saturated rings. The fourth-order valence-electron chi connectivity index (χ4n) is 2.83. The number of aromatic nitrogens is 1. The van der Waals surface area contributed by atoms with Gasteiger partial charge in [-0.25, -0.2) is 14.4 Å². The number of ether oxygens (including phenoxy) is 1. The summed E-state index contributed by atoms with van der Waals surface area (Å²) in [7, 11) is 0. The number of hydrogen-bond acceptors (Lipinski definition) is 3. The summed E-state index contributed by atoms with van der Waals surface area (Å²) in [5.41, 5.74) is 2.66. The molecule has 0 amide bonds. The van der Waals surface area contributed by atoms with Crippen molar-refractivity contribution in [1.29, 1.82) is 0 Å². The van der Waals surface area contributed by atoms with E-state index in [0.717, 1.165) is 11.1 Å². The molecule has 3 aromatic rings. The molecule has 0 bridgehead atoms. The van der Waals surface area contributed by atoms with Crippen molar-refractivity contribution in [2.45, 2.75) is 12.1 Å². The minimum absolute atomic E-state index is 0.157. The van der Waals surface area contributed by atoms with Crippen molar-refractivity contribution < 1.29 is 9.13 Å². The van der Waals surface area contributed by atoms with Gasteiger partial charge in [-0.2, -0.15) is 0 Å². The monoisotopic (exact) mass is 318 g/mol. The summed E-state index contributed by atoms with van der Waals surface area (Å²) in [6, 6.07) is 22.8. The highest BCUT2D eigenvalue weighted by Crippen LogP contribution is 2.40. The average Bonchev–Trinajstić information content (AvgIpc) is 3.09. The molecule has 1 aliphatic heterocycles. The number of pyridine rings is 1. The maximum absolute atomic E-state index is 13.1. The molecular formula is C20H15FN2O. The zero-order chi connectivity index (χ0) is 16.4. The number of nitrogens with zero attached hydrogens (tertiary/aromatic N) is 2. The molecule has 4 heteroatoms. The lowest BCUT2D eigenvalue weighted by Gasteiger charge is -2.18. The third-order valence-corrected chi connectivity index (χ3v) is 4.00. The van der Waals surface area contributed by atoms with Crippen LogP contribution in [0, 0.1) is 5.82 Å². The Morgan fingerprint density at radius 1 is 0.792 bits per heavy atom. The van der Waals surface area contributed by atoms with Gasteiger partial charge in [-0.05, 0) is 23.3 Å². The second-order valence-corrected chi connectivity index (χ2v) is 5.60. The smallest absolute Gasteiger partial charge is 0.236 e. The van der Waals surface area contributed by atoms with Crippen LogP contribution in [-0.2, 0) is 4.74 Å². The zero-order valence-electron chi connectivity index (χ0n) is 12.8. The van der Waals surface area contributed by atoms with E-state index in [1.54, 1.807) is 6.07 Å². The molecule has 1 aliphatic rings. The van der Waals surface area contributed by atoms with Gasteiger partial charge < -0.3 is 4.74 Å². The molecule has 24 heavy (non-hydrogen) atoms. The van der Waals surface area contributed by atoms with Gasteiger partial charge in [0.05, 0.1) is 6.20 Å². The van der Waals surface area contributed by atoms with Crippen LogP contribution >= 0.6 is 0 Å². The van der Waals surface area contributed by atoms with Gasteiger partial charge in [0.25, 0.3) is 0 Å².